The Hall–Kier alpha value is -3.60. The van der Waals surface area contributed by atoms with Gasteiger partial charge in [-0.25, -0.2) is 9.78 Å². The van der Waals surface area contributed by atoms with Crippen LogP contribution in [0.4, 0.5) is 18.9 Å². The molecule has 2 N–H and O–H groups in total. The lowest BCUT2D eigenvalue weighted by Crippen LogP contribution is -2.41. The maximum atomic E-state index is 13.5. The number of carbonyl (C=O) groups excluding carboxylic acids is 1. The summed E-state index contributed by atoms with van der Waals surface area (Å²) in [6.07, 6.45) is 8.50. The lowest BCUT2D eigenvalue weighted by Gasteiger charge is -2.39. The molecule has 0 saturated carbocycles. The Bertz CT molecular complexity index is 1480. The lowest BCUT2D eigenvalue weighted by molar-refractivity contribution is -0.161. The highest BCUT2D eigenvalue weighted by Crippen LogP contribution is 2.43. The summed E-state index contributed by atoms with van der Waals surface area (Å²) in [5, 5.41) is 10.7. The number of hydrogen-bond acceptors (Lipinski definition) is 6. The quantitative estimate of drug-likeness (QED) is 0.256. The van der Waals surface area contributed by atoms with Crippen molar-refractivity contribution in [2.75, 3.05) is 4.72 Å². The van der Waals surface area contributed by atoms with Crippen molar-refractivity contribution >= 4 is 21.7 Å². The van der Waals surface area contributed by atoms with E-state index in [0.29, 0.717) is 43.0 Å². The van der Waals surface area contributed by atoms with Gasteiger partial charge in [-0.15, -0.1) is 0 Å². The number of cyclic esters (lactones) is 1. The molecule has 0 fully saturated rings. The Balaban J connectivity index is 1.55. The van der Waals surface area contributed by atoms with Gasteiger partial charge in [0.05, 0.1) is 11.1 Å². The summed E-state index contributed by atoms with van der Waals surface area (Å²) in [5.41, 5.74) is -1.01. The summed E-state index contributed by atoms with van der Waals surface area (Å²) in [7, 11) is -4.30. The van der Waals surface area contributed by atoms with Crippen LogP contribution < -0.4 is 4.72 Å². The number of nitrogens with one attached hydrogen (secondary N) is 1. The zero-order chi connectivity index (χ0) is 30.5. The minimum atomic E-state index is -4.65. The molecule has 226 valence electrons. The molecule has 4 rings (SSSR count). The van der Waals surface area contributed by atoms with E-state index in [1.807, 2.05) is 26.0 Å². The molecular weight excluding hydrogens is 569 g/mol. The minimum Gasteiger partial charge on any atom is -0.512 e. The van der Waals surface area contributed by atoms with Crippen LogP contribution in [0.2, 0.25) is 0 Å². The number of anilines is 1. The third kappa shape index (κ3) is 7.24. The molecule has 0 radical (unpaired) electrons. The number of allylic oxidation sites excluding steroid dienone is 4. The summed E-state index contributed by atoms with van der Waals surface area (Å²) < 4.78 is 72.7. The molecule has 11 heteroatoms. The third-order valence-electron chi connectivity index (χ3n) is 7.71. The number of ether oxygens (including phenoxy) is 1. The maximum absolute atomic E-state index is 13.5. The molecule has 1 aliphatic carbocycles. The predicted octanol–water partition coefficient (Wildman–Crippen LogP) is 7.61. The van der Waals surface area contributed by atoms with Crippen molar-refractivity contribution in [2.24, 2.45) is 5.92 Å². The number of hydrogen-bond donors (Lipinski definition) is 2. The fourth-order valence-corrected chi connectivity index (χ4v) is 6.62. The molecule has 2 aromatic rings. The molecule has 0 bridgehead atoms. The number of rotatable bonds is 11. The van der Waals surface area contributed by atoms with Gasteiger partial charge in [0.25, 0.3) is 10.0 Å². The smallest absolute Gasteiger partial charge is 0.417 e. The molecule has 0 saturated heterocycles. The van der Waals surface area contributed by atoms with Crippen LogP contribution in [0.3, 0.4) is 0 Å². The molecule has 0 spiro atoms. The summed E-state index contributed by atoms with van der Waals surface area (Å²) in [4.78, 5) is 16.9. The van der Waals surface area contributed by atoms with Gasteiger partial charge in [0.1, 0.15) is 11.4 Å². The van der Waals surface area contributed by atoms with E-state index in [9.17, 15) is 31.5 Å². The highest BCUT2D eigenvalue weighted by Gasteiger charge is 2.43. The van der Waals surface area contributed by atoms with Crippen molar-refractivity contribution in [3.8, 4) is 0 Å². The largest absolute Gasteiger partial charge is 0.512 e. The summed E-state index contributed by atoms with van der Waals surface area (Å²) in [5.74, 6) is -0.830. The highest BCUT2D eigenvalue weighted by atomic mass is 32.2. The molecular formula is C31H35F3N2O5S. The molecule has 42 heavy (non-hydrogen) atoms. The first-order valence-electron chi connectivity index (χ1n) is 14.0. The molecule has 2 unspecified atom stereocenters. The summed E-state index contributed by atoms with van der Waals surface area (Å²) in [6.45, 7) is 3.86. The van der Waals surface area contributed by atoms with Crippen molar-refractivity contribution in [3.05, 3.63) is 89.4 Å². The van der Waals surface area contributed by atoms with Crippen LogP contribution >= 0.6 is 0 Å². The molecule has 2 aliphatic rings. The molecule has 7 nitrogen and oxygen atoms in total. The topological polar surface area (TPSA) is 106 Å². The number of nitrogens with zero attached hydrogens (tertiary/aromatic N) is 1. The van der Waals surface area contributed by atoms with Crippen LogP contribution in [0, 0.1) is 5.92 Å². The number of pyridine rings is 1. The van der Waals surface area contributed by atoms with E-state index in [2.05, 4.69) is 21.9 Å². The first-order valence-corrected chi connectivity index (χ1v) is 15.5. The van der Waals surface area contributed by atoms with Gasteiger partial charge in [-0.2, -0.15) is 21.6 Å². The second kappa shape index (κ2) is 12.7. The van der Waals surface area contributed by atoms with E-state index >= 15 is 0 Å². The van der Waals surface area contributed by atoms with E-state index in [0.717, 1.165) is 25.3 Å². The van der Waals surface area contributed by atoms with Crippen LogP contribution in [-0.2, 0) is 25.7 Å². The van der Waals surface area contributed by atoms with Gasteiger partial charge in [-0.05, 0) is 67.9 Å². The number of aliphatic hydroxyl groups is 1. The van der Waals surface area contributed by atoms with E-state index in [-0.39, 0.29) is 23.4 Å². The van der Waals surface area contributed by atoms with E-state index in [1.54, 1.807) is 12.1 Å². The summed E-state index contributed by atoms with van der Waals surface area (Å²) in [6, 6.07) is 7.75. The Kier molecular flexibility index (Phi) is 9.50. The lowest BCUT2D eigenvalue weighted by atomic mass is 9.79. The SMILES string of the molecule is CCCC1(CCC2C=CC=CC2)CC(O)=C([C@H](CC)c2cccc(NS(=O)(=O)c3ccc(C(F)(F)F)cn3)c2)C(=O)O1. The van der Waals surface area contributed by atoms with Crippen molar-refractivity contribution < 1.29 is 36.2 Å². The molecule has 1 aromatic heterocycles. The van der Waals surface area contributed by atoms with Crippen molar-refractivity contribution in [2.45, 2.75) is 81.5 Å². The van der Waals surface area contributed by atoms with Gasteiger partial charge < -0.3 is 9.84 Å². The molecule has 2 heterocycles. The van der Waals surface area contributed by atoms with Crippen LogP contribution in [0.1, 0.15) is 75.8 Å². The maximum Gasteiger partial charge on any atom is 0.417 e. The van der Waals surface area contributed by atoms with E-state index in [4.69, 9.17) is 4.74 Å². The molecule has 0 amide bonds. The molecule has 1 aliphatic heterocycles. The second-order valence-corrected chi connectivity index (χ2v) is 12.4. The van der Waals surface area contributed by atoms with Gasteiger partial charge in [-0.3, -0.25) is 4.72 Å². The fraction of sp³-hybridized carbons (Fsp3) is 0.419. The third-order valence-corrected chi connectivity index (χ3v) is 9.01. The number of halogens is 3. The average molecular weight is 605 g/mol. The standard InChI is InChI=1S/C31H35F3N2O5S/c1-3-16-30(17-15-21-9-6-5-7-10-21)19-26(37)28(29(38)41-30)25(4-2)22-11-8-12-24(18-22)36-42(39,40)27-14-13-23(20-35-27)31(32,33)34/h5-9,11-14,18,20-21,25,36-37H,3-4,10,15-17,19H2,1-2H3/t21?,25-,30?/m1/s1. The van der Waals surface area contributed by atoms with Gasteiger partial charge >= 0.3 is 12.1 Å². The van der Waals surface area contributed by atoms with Gasteiger partial charge in [0, 0.05) is 24.2 Å². The predicted molar refractivity (Wildman–Crippen MR) is 153 cm³/mol. The van der Waals surface area contributed by atoms with Crippen LogP contribution in [0.15, 0.2) is 83.3 Å². The van der Waals surface area contributed by atoms with Crippen LogP contribution in [-0.4, -0.2) is 30.1 Å². The molecule has 1 aromatic carbocycles. The monoisotopic (exact) mass is 604 g/mol. The number of sulfonamides is 1. The van der Waals surface area contributed by atoms with E-state index in [1.165, 1.54) is 12.1 Å². The highest BCUT2D eigenvalue weighted by molar-refractivity contribution is 7.92. The first kappa shape index (κ1) is 31.3. The van der Waals surface area contributed by atoms with E-state index < -0.39 is 44.3 Å². The van der Waals surface area contributed by atoms with Crippen molar-refractivity contribution in [1.29, 1.82) is 0 Å². The zero-order valence-electron chi connectivity index (χ0n) is 23.5. The Morgan fingerprint density at radius 2 is 1.95 bits per heavy atom. The van der Waals surface area contributed by atoms with Crippen molar-refractivity contribution in [1.82, 2.24) is 4.98 Å². The number of esters is 1. The minimum absolute atomic E-state index is 0.0226. The average Bonchev–Trinajstić information content (AvgIpc) is 2.94. The van der Waals surface area contributed by atoms with Gasteiger partial charge in [0.2, 0.25) is 0 Å². The van der Waals surface area contributed by atoms with Gasteiger partial charge in [-0.1, -0.05) is 56.7 Å². The van der Waals surface area contributed by atoms with Crippen molar-refractivity contribution in [3.63, 3.8) is 0 Å². The number of aromatic nitrogens is 1. The number of benzene rings is 1. The second-order valence-electron chi connectivity index (χ2n) is 10.8. The van der Waals surface area contributed by atoms with Crippen LogP contribution in [0.25, 0.3) is 0 Å². The number of carbonyl (C=O) groups is 1. The Morgan fingerprint density at radius 3 is 2.55 bits per heavy atom. The van der Waals surface area contributed by atoms with Crippen LogP contribution in [0.5, 0.6) is 0 Å². The molecule has 3 atom stereocenters. The summed E-state index contributed by atoms with van der Waals surface area (Å²) >= 11 is 0. The Morgan fingerprint density at radius 1 is 1.17 bits per heavy atom. The Labute approximate surface area is 244 Å². The number of aliphatic hydroxyl groups excluding tert-OH is 1. The normalized spacial score (nSPS) is 21.7. The first-order chi connectivity index (χ1) is 19.9. The fourth-order valence-electron chi connectivity index (χ4n) is 5.64. The number of alkyl halides is 3. The van der Waals surface area contributed by atoms with Gasteiger partial charge in [0.15, 0.2) is 5.03 Å². The zero-order valence-corrected chi connectivity index (χ0v) is 24.3.